The van der Waals surface area contributed by atoms with E-state index < -0.39 is 0 Å². The molecule has 0 aliphatic carbocycles. The molecular weight excluding hydrogens is 196 g/mol. The molecule has 0 heterocycles. The average molecular weight is 218 g/mol. The van der Waals surface area contributed by atoms with Crippen LogP contribution in [0.3, 0.4) is 0 Å². The van der Waals surface area contributed by atoms with Gasteiger partial charge in [-0.05, 0) is 19.1 Å². The van der Waals surface area contributed by atoms with Crippen molar-refractivity contribution in [1.82, 2.24) is 10.6 Å². The minimum atomic E-state index is 0.0974. The third-order valence-corrected chi connectivity index (χ3v) is 2.90. The van der Waals surface area contributed by atoms with Crippen LogP contribution in [0.2, 0.25) is 0 Å². The van der Waals surface area contributed by atoms with E-state index in [2.05, 4.69) is 24.5 Å². The van der Waals surface area contributed by atoms with Gasteiger partial charge in [-0.3, -0.25) is 4.79 Å². The van der Waals surface area contributed by atoms with Crippen molar-refractivity contribution in [2.45, 2.75) is 33.2 Å². The monoisotopic (exact) mass is 218 g/mol. The van der Waals surface area contributed by atoms with E-state index in [1.54, 1.807) is 0 Å². The first-order valence-electron chi connectivity index (χ1n) is 5.28. The van der Waals surface area contributed by atoms with E-state index in [1.165, 1.54) is 0 Å². The van der Waals surface area contributed by atoms with Gasteiger partial charge in [-0.25, -0.2) is 0 Å². The molecule has 0 radical (unpaired) electrons. The Bertz CT molecular complexity index is 153. The largest absolute Gasteiger partial charge is 0.355 e. The van der Waals surface area contributed by atoms with Gasteiger partial charge in [0.25, 0.3) is 0 Å². The molecule has 0 aliphatic heterocycles. The summed E-state index contributed by atoms with van der Waals surface area (Å²) in [5, 5.41) is 6.03. The summed E-state index contributed by atoms with van der Waals surface area (Å²) >= 11 is 1.89. The van der Waals surface area contributed by atoms with Crippen LogP contribution in [0, 0.1) is 0 Å². The second-order valence-electron chi connectivity index (χ2n) is 3.29. The summed E-state index contributed by atoms with van der Waals surface area (Å²) in [4.78, 5) is 11.2. The SMILES string of the molecule is CCCNC(=O)CNC(C)CSCC. The molecule has 1 amide bonds. The van der Waals surface area contributed by atoms with Gasteiger partial charge in [0.1, 0.15) is 0 Å². The molecule has 0 fully saturated rings. The van der Waals surface area contributed by atoms with E-state index in [0.29, 0.717) is 12.6 Å². The molecule has 0 saturated carbocycles. The van der Waals surface area contributed by atoms with Crippen LogP contribution >= 0.6 is 11.8 Å². The van der Waals surface area contributed by atoms with Gasteiger partial charge >= 0.3 is 0 Å². The molecule has 0 aromatic rings. The Morgan fingerprint density at radius 2 is 2.14 bits per heavy atom. The lowest BCUT2D eigenvalue weighted by Crippen LogP contribution is -2.39. The Morgan fingerprint density at radius 1 is 1.43 bits per heavy atom. The Labute approximate surface area is 91.4 Å². The van der Waals surface area contributed by atoms with Crippen LogP contribution in [0.25, 0.3) is 0 Å². The van der Waals surface area contributed by atoms with Gasteiger partial charge in [0.15, 0.2) is 0 Å². The Balaban J connectivity index is 3.36. The molecular formula is C10H22N2OS. The molecule has 0 rings (SSSR count). The van der Waals surface area contributed by atoms with Gasteiger partial charge in [0, 0.05) is 18.3 Å². The zero-order valence-electron chi connectivity index (χ0n) is 9.43. The van der Waals surface area contributed by atoms with Crippen molar-refractivity contribution in [1.29, 1.82) is 0 Å². The lowest BCUT2D eigenvalue weighted by Gasteiger charge is -2.12. The minimum absolute atomic E-state index is 0.0974. The zero-order valence-corrected chi connectivity index (χ0v) is 10.2. The molecule has 0 bridgehead atoms. The number of thioether (sulfide) groups is 1. The smallest absolute Gasteiger partial charge is 0.233 e. The number of hydrogen-bond acceptors (Lipinski definition) is 3. The van der Waals surface area contributed by atoms with Gasteiger partial charge in [0.05, 0.1) is 6.54 Å². The van der Waals surface area contributed by atoms with Crippen LogP contribution < -0.4 is 10.6 Å². The second-order valence-corrected chi connectivity index (χ2v) is 4.61. The quantitative estimate of drug-likeness (QED) is 0.644. The molecule has 3 nitrogen and oxygen atoms in total. The lowest BCUT2D eigenvalue weighted by molar-refractivity contribution is -0.120. The first kappa shape index (κ1) is 13.8. The van der Waals surface area contributed by atoms with Crippen LogP contribution in [0.5, 0.6) is 0 Å². The summed E-state index contributed by atoms with van der Waals surface area (Å²) in [5.74, 6) is 2.30. The standard InChI is InChI=1S/C10H22N2OS/c1-4-6-11-10(13)7-12-9(3)8-14-5-2/h9,12H,4-8H2,1-3H3,(H,11,13). The van der Waals surface area contributed by atoms with Crippen LogP contribution in [0.15, 0.2) is 0 Å². The van der Waals surface area contributed by atoms with Crippen molar-refractivity contribution < 1.29 is 4.79 Å². The third kappa shape index (κ3) is 8.38. The molecule has 84 valence electrons. The van der Waals surface area contributed by atoms with E-state index in [1.807, 2.05) is 18.7 Å². The topological polar surface area (TPSA) is 41.1 Å². The molecule has 2 N–H and O–H groups in total. The van der Waals surface area contributed by atoms with Gasteiger partial charge in [-0.1, -0.05) is 13.8 Å². The van der Waals surface area contributed by atoms with Gasteiger partial charge in [-0.2, -0.15) is 11.8 Å². The normalized spacial score (nSPS) is 12.5. The van der Waals surface area contributed by atoms with Crippen molar-refractivity contribution in [2.75, 3.05) is 24.6 Å². The van der Waals surface area contributed by atoms with Crippen molar-refractivity contribution in [3.8, 4) is 0 Å². The highest BCUT2D eigenvalue weighted by atomic mass is 32.2. The molecule has 0 spiro atoms. The van der Waals surface area contributed by atoms with Crippen LogP contribution in [0.4, 0.5) is 0 Å². The predicted octanol–water partition coefficient (Wildman–Crippen LogP) is 1.24. The summed E-state index contributed by atoms with van der Waals surface area (Å²) in [6.07, 6.45) is 0.993. The fourth-order valence-electron chi connectivity index (χ4n) is 0.947. The summed E-state index contributed by atoms with van der Waals surface area (Å²) in [6.45, 7) is 7.51. The maximum absolute atomic E-state index is 11.2. The summed E-state index contributed by atoms with van der Waals surface area (Å²) in [7, 11) is 0. The van der Waals surface area contributed by atoms with E-state index in [9.17, 15) is 4.79 Å². The molecule has 4 heteroatoms. The molecule has 0 aromatic carbocycles. The van der Waals surface area contributed by atoms with Crippen LogP contribution in [-0.2, 0) is 4.79 Å². The fraction of sp³-hybridized carbons (Fsp3) is 0.900. The molecule has 0 aromatic heterocycles. The van der Waals surface area contributed by atoms with E-state index >= 15 is 0 Å². The number of rotatable bonds is 8. The second kappa shape index (κ2) is 9.34. The number of carbonyl (C=O) groups is 1. The molecule has 1 unspecified atom stereocenters. The fourth-order valence-corrected chi connectivity index (χ4v) is 1.65. The molecule has 1 atom stereocenters. The highest BCUT2D eigenvalue weighted by Crippen LogP contribution is 2.00. The van der Waals surface area contributed by atoms with Crippen molar-refractivity contribution in [2.24, 2.45) is 0 Å². The minimum Gasteiger partial charge on any atom is -0.355 e. The molecule has 14 heavy (non-hydrogen) atoms. The zero-order chi connectivity index (χ0) is 10.8. The lowest BCUT2D eigenvalue weighted by atomic mass is 10.4. The number of carbonyl (C=O) groups excluding carboxylic acids is 1. The Morgan fingerprint density at radius 3 is 2.71 bits per heavy atom. The van der Waals surface area contributed by atoms with E-state index in [4.69, 9.17) is 0 Å². The number of hydrogen-bond donors (Lipinski definition) is 2. The molecule has 0 saturated heterocycles. The number of nitrogens with one attached hydrogen (secondary N) is 2. The van der Waals surface area contributed by atoms with Crippen LogP contribution in [0.1, 0.15) is 27.2 Å². The van der Waals surface area contributed by atoms with Gasteiger partial charge in [-0.15, -0.1) is 0 Å². The average Bonchev–Trinajstić information content (AvgIpc) is 2.20. The van der Waals surface area contributed by atoms with Crippen molar-refractivity contribution in [3.63, 3.8) is 0 Å². The number of amides is 1. The Hall–Kier alpha value is -0.220. The molecule has 0 aliphatic rings. The third-order valence-electron chi connectivity index (χ3n) is 1.76. The maximum atomic E-state index is 11.2. The first-order valence-corrected chi connectivity index (χ1v) is 6.44. The van der Waals surface area contributed by atoms with Gasteiger partial charge < -0.3 is 10.6 Å². The van der Waals surface area contributed by atoms with Gasteiger partial charge in [0.2, 0.25) is 5.91 Å². The highest BCUT2D eigenvalue weighted by Gasteiger charge is 2.03. The highest BCUT2D eigenvalue weighted by molar-refractivity contribution is 7.99. The van der Waals surface area contributed by atoms with E-state index in [0.717, 1.165) is 24.5 Å². The summed E-state index contributed by atoms with van der Waals surface area (Å²) in [6, 6.07) is 0.410. The maximum Gasteiger partial charge on any atom is 0.233 e. The first-order chi connectivity index (χ1) is 6.70. The van der Waals surface area contributed by atoms with Crippen LogP contribution in [-0.4, -0.2) is 36.5 Å². The predicted molar refractivity (Wildman–Crippen MR) is 63.8 cm³/mol. The Kier molecular flexibility index (Phi) is 9.19. The van der Waals surface area contributed by atoms with E-state index in [-0.39, 0.29) is 5.91 Å². The van der Waals surface area contributed by atoms with Crippen molar-refractivity contribution >= 4 is 17.7 Å². The van der Waals surface area contributed by atoms with Crippen molar-refractivity contribution in [3.05, 3.63) is 0 Å². The summed E-state index contributed by atoms with van der Waals surface area (Å²) in [5.41, 5.74) is 0. The summed E-state index contributed by atoms with van der Waals surface area (Å²) < 4.78 is 0.